The molecule has 1 aromatic heterocycles. The maximum Gasteiger partial charge on any atom is 0.254 e. The molecule has 7 heteroatoms. The Kier molecular flexibility index (Phi) is 10.1. The van der Waals surface area contributed by atoms with Crippen molar-refractivity contribution in [3.05, 3.63) is 95.6 Å². The minimum absolute atomic E-state index is 0.0180. The van der Waals surface area contributed by atoms with Gasteiger partial charge in [0.25, 0.3) is 5.91 Å². The van der Waals surface area contributed by atoms with Gasteiger partial charge in [-0.1, -0.05) is 49.6 Å². The number of aromatic nitrogens is 1. The van der Waals surface area contributed by atoms with Crippen molar-refractivity contribution in [1.82, 2.24) is 14.4 Å². The zero-order chi connectivity index (χ0) is 26.7. The van der Waals surface area contributed by atoms with Gasteiger partial charge in [-0.2, -0.15) is 0 Å². The Bertz CT molecular complexity index is 1160. The first-order chi connectivity index (χ1) is 18.5. The van der Waals surface area contributed by atoms with Gasteiger partial charge in [0.05, 0.1) is 6.54 Å². The molecule has 1 fully saturated rings. The minimum atomic E-state index is -0.398. The standard InChI is InChI=1S/C31H38FN3O3/c1-38-21-9-20-34(31(37)26-15-17-27(32)18-16-26)24-30(36)35(28-12-6-3-7-13-28)23-29-14-8-19-33(29)22-25-10-4-2-5-11-25/h2,4-5,8,10-11,14-19,28H,3,6-7,9,12-13,20-24H2,1H3. The first-order valence-electron chi connectivity index (χ1n) is 13.6. The third-order valence-electron chi connectivity index (χ3n) is 7.27. The van der Waals surface area contributed by atoms with E-state index in [4.69, 9.17) is 4.74 Å². The van der Waals surface area contributed by atoms with Crippen LogP contribution in [0.2, 0.25) is 0 Å². The number of methoxy groups -OCH3 is 1. The first-order valence-corrected chi connectivity index (χ1v) is 13.6. The fraction of sp³-hybridized carbons (Fsp3) is 0.419. The third kappa shape index (κ3) is 7.54. The molecule has 0 aliphatic heterocycles. The zero-order valence-electron chi connectivity index (χ0n) is 22.2. The maximum atomic E-state index is 13.9. The van der Waals surface area contributed by atoms with Crippen LogP contribution in [0.1, 0.15) is 60.1 Å². The molecule has 202 valence electrons. The number of nitrogens with zero attached hydrogens (tertiary/aromatic N) is 3. The Labute approximate surface area is 225 Å². The fourth-order valence-corrected chi connectivity index (χ4v) is 5.20. The van der Waals surface area contributed by atoms with E-state index in [0.717, 1.165) is 37.9 Å². The van der Waals surface area contributed by atoms with E-state index in [1.807, 2.05) is 29.2 Å². The third-order valence-corrected chi connectivity index (χ3v) is 7.27. The summed E-state index contributed by atoms with van der Waals surface area (Å²) in [5, 5.41) is 0. The summed E-state index contributed by atoms with van der Waals surface area (Å²) in [5.74, 6) is -0.728. The lowest BCUT2D eigenvalue weighted by atomic mass is 9.94. The summed E-state index contributed by atoms with van der Waals surface area (Å²) in [6.45, 7) is 2.09. The second-order valence-corrected chi connectivity index (χ2v) is 10.0. The summed E-state index contributed by atoms with van der Waals surface area (Å²) >= 11 is 0. The van der Waals surface area contributed by atoms with Crippen molar-refractivity contribution < 1.29 is 18.7 Å². The van der Waals surface area contributed by atoms with Crippen LogP contribution < -0.4 is 0 Å². The van der Waals surface area contributed by atoms with E-state index in [9.17, 15) is 14.0 Å². The van der Waals surface area contributed by atoms with Gasteiger partial charge in [-0.25, -0.2) is 4.39 Å². The molecule has 2 amide bonds. The van der Waals surface area contributed by atoms with Crippen molar-refractivity contribution in [3.63, 3.8) is 0 Å². The highest BCUT2D eigenvalue weighted by Crippen LogP contribution is 2.25. The van der Waals surface area contributed by atoms with Crippen LogP contribution in [-0.4, -0.2) is 59.0 Å². The van der Waals surface area contributed by atoms with Crippen LogP contribution in [-0.2, 0) is 22.6 Å². The van der Waals surface area contributed by atoms with Crippen molar-refractivity contribution in [1.29, 1.82) is 0 Å². The van der Waals surface area contributed by atoms with E-state index in [-0.39, 0.29) is 24.4 Å². The molecular formula is C31H38FN3O3. The summed E-state index contributed by atoms with van der Waals surface area (Å²) < 4.78 is 20.8. The monoisotopic (exact) mass is 519 g/mol. The van der Waals surface area contributed by atoms with Crippen molar-refractivity contribution >= 4 is 11.8 Å². The second-order valence-electron chi connectivity index (χ2n) is 10.0. The molecule has 1 heterocycles. The predicted octanol–water partition coefficient (Wildman–Crippen LogP) is 5.52. The summed E-state index contributed by atoms with van der Waals surface area (Å²) in [6, 6.07) is 20.0. The molecule has 0 atom stereocenters. The fourth-order valence-electron chi connectivity index (χ4n) is 5.20. The molecule has 0 unspecified atom stereocenters. The summed E-state index contributed by atoms with van der Waals surface area (Å²) in [4.78, 5) is 30.8. The Morgan fingerprint density at radius 3 is 2.42 bits per heavy atom. The van der Waals surface area contributed by atoms with Crippen LogP contribution in [0, 0.1) is 5.82 Å². The van der Waals surface area contributed by atoms with Crippen LogP contribution >= 0.6 is 0 Å². The molecule has 0 bridgehead atoms. The molecule has 1 saturated carbocycles. The lowest BCUT2D eigenvalue weighted by Crippen LogP contribution is -2.48. The number of carbonyl (C=O) groups is 2. The smallest absolute Gasteiger partial charge is 0.254 e. The zero-order valence-corrected chi connectivity index (χ0v) is 22.2. The average molecular weight is 520 g/mol. The molecule has 1 aliphatic rings. The summed E-state index contributed by atoms with van der Waals surface area (Å²) in [7, 11) is 1.62. The number of benzene rings is 2. The van der Waals surface area contributed by atoms with Gasteiger partial charge < -0.3 is 19.1 Å². The highest BCUT2D eigenvalue weighted by atomic mass is 19.1. The topological polar surface area (TPSA) is 54.8 Å². The van der Waals surface area contributed by atoms with E-state index < -0.39 is 5.82 Å². The number of amides is 2. The molecule has 0 spiro atoms. The Balaban J connectivity index is 1.54. The largest absolute Gasteiger partial charge is 0.385 e. The van der Waals surface area contributed by atoms with Crippen molar-refractivity contribution in [2.45, 2.75) is 57.7 Å². The predicted molar refractivity (Wildman–Crippen MR) is 146 cm³/mol. The summed E-state index contributed by atoms with van der Waals surface area (Å²) in [6.07, 6.45) is 8.01. The highest BCUT2D eigenvalue weighted by molar-refractivity contribution is 5.96. The number of carbonyl (C=O) groups excluding carboxylic acids is 2. The van der Waals surface area contributed by atoms with Gasteiger partial charge in [0, 0.05) is 50.3 Å². The molecule has 3 aromatic rings. The van der Waals surface area contributed by atoms with Crippen LogP contribution in [0.5, 0.6) is 0 Å². The quantitative estimate of drug-likeness (QED) is 0.296. The molecule has 0 N–H and O–H groups in total. The lowest BCUT2D eigenvalue weighted by molar-refractivity contribution is -0.135. The SMILES string of the molecule is COCCCN(CC(=O)N(Cc1cccn1Cc1ccccc1)C1CCCCC1)C(=O)c1ccc(F)cc1. The molecule has 4 rings (SSSR count). The number of hydrogen-bond donors (Lipinski definition) is 0. The van der Waals surface area contributed by atoms with Crippen LogP contribution in [0.4, 0.5) is 4.39 Å². The molecule has 2 aromatic carbocycles. The first kappa shape index (κ1) is 27.6. The number of hydrogen-bond acceptors (Lipinski definition) is 3. The Morgan fingerprint density at radius 2 is 1.71 bits per heavy atom. The Morgan fingerprint density at radius 1 is 0.974 bits per heavy atom. The minimum Gasteiger partial charge on any atom is -0.385 e. The van der Waals surface area contributed by atoms with E-state index in [1.165, 1.54) is 36.2 Å². The molecule has 1 aliphatic carbocycles. The van der Waals surface area contributed by atoms with Crippen molar-refractivity contribution in [2.24, 2.45) is 0 Å². The molecule has 0 radical (unpaired) electrons. The van der Waals surface area contributed by atoms with Crippen molar-refractivity contribution in [2.75, 3.05) is 26.8 Å². The number of rotatable bonds is 12. The molecule has 38 heavy (non-hydrogen) atoms. The van der Waals surface area contributed by atoms with Crippen LogP contribution in [0.25, 0.3) is 0 Å². The van der Waals surface area contributed by atoms with Gasteiger partial charge in [0.1, 0.15) is 12.4 Å². The average Bonchev–Trinajstić information content (AvgIpc) is 3.38. The molecule has 0 saturated heterocycles. The second kappa shape index (κ2) is 13.9. The van der Waals surface area contributed by atoms with E-state index in [1.54, 1.807) is 12.0 Å². The normalized spacial score (nSPS) is 13.8. The highest BCUT2D eigenvalue weighted by Gasteiger charge is 2.29. The van der Waals surface area contributed by atoms with E-state index >= 15 is 0 Å². The van der Waals surface area contributed by atoms with E-state index in [0.29, 0.717) is 31.7 Å². The van der Waals surface area contributed by atoms with E-state index in [2.05, 4.69) is 29.0 Å². The number of halogens is 1. The van der Waals surface area contributed by atoms with Gasteiger partial charge in [-0.3, -0.25) is 9.59 Å². The lowest BCUT2D eigenvalue weighted by Gasteiger charge is -2.36. The summed E-state index contributed by atoms with van der Waals surface area (Å²) in [5.41, 5.74) is 2.65. The van der Waals surface area contributed by atoms with Crippen molar-refractivity contribution in [3.8, 4) is 0 Å². The molecule has 6 nitrogen and oxygen atoms in total. The van der Waals surface area contributed by atoms with Crippen LogP contribution in [0.15, 0.2) is 72.9 Å². The van der Waals surface area contributed by atoms with Gasteiger partial charge >= 0.3 is 0 Å². The van der Waals surface area contributed by atoms with Gasteiger partial charge in [-0.15, -0.1) is 0 Å². The maximum absolute atomic E-state index is 13.9. The van der Waals surface area contributed by atoms with Crippen LogP contribution in [0.3, 0.4) is 0 Å². The van der Waals surface area contributed by atoms with Gasteiger partial charge in [0.2, 0.25) is 5.91 Å². The number of ether oxygens (including phenoxy) is 1. The Hall–Kier alpha value is -3.45. The molecular weight excluding hydrogens is 481 g/mol. The van der Waals surface area contributed by atoms with Gasteiger partial charge in [0.15, 0.2) is 0 Å². The van der Waals surface area contributed by atoms with Gasteiger partial charge in [-0.05, 0) is 61.2 Å².